The first-order chi connectivity index (χ1) is 16.4. The van der Waals surface area contributed by atoms with Crippen LogP contribution in [-0.2, 0) is 19.7 Å². The van der Waals surface area contributed by atoms with E-state index in [1.165, 1.54) is 19.1 Å². The zero-order valence-corrected chi connectivity index (χ0v) is 21.8. The number of amides is 3. The topological polar surface area (TPSA) is 87.7 Å². The highest BCUT2D eigenvalue weighted by Gasteiger charge is 2.70. The van der Waals surface area contributed by atoms with E-state index in [1.807, 2.05) is 32.9 Å². The molecule has 186 valence electrons. The highest BCUT2D eigenvalue weighted by molar-refractivity contribution is 6.31. The van der Waals surface area contributed by atoms with Crippen molar-refractivity contribution in [3.8, 4) is 0 Å². The van der Waals surface area contributed by atoms with Gasteiger partial charge in [-0.2, -0.15) is 0 Å². The molecule has 9 heteroatoms. The Morgan fingerprint density at radius 2 is 1.83 bits per heavy atom. The number of ether oxygens (including phenoxy) is 1. The van der Waals surface area contributed by atoms with E-state index in [0.29, 0.717) is 33.3 Å². The maximum atomic E-state index is 14.1. The second-order valence-electron chi connectivity index (χ2n) is 10.3. The predicted octanol–water partition coefficient (Wildman–Crippen LogP) is 4.97. The molecular formula is C26H29Cl2N3O4. The Labute approximate surface area is 215 Å². The van der Waals surface area contributed by atoms with Crippen LogP contribution in [0.25, 0.3) is 0 Å². The van der Waals surface area contributed by atoms with Crippen LogP contribution < -0.4 is 10.6 Å². The SMILES string of the molecule is CNC(=O)[C@H]1[C@@H](c2cccc(Cl)c2)[C@@]2(C(=O)Nc3cc(Cl)ccc32)[C@@H](CC(C)(C)C)N1C(=O)OC. The molecule has 0 radical (unpaired) electrons. The largest absolute Gasteiger partial charge is 0.453 e. The molecule has 0 aromatic heterocycles. The number of nitrogens with one attached hydrogen (secondary N) is 2. The minimum absolute atomic E-state index is 0.296. The summed E-state index contributed by atoms with van der Waals surface area (Å²) in [5.74, 6) is -1.43. The number of carbonyl (C=O) groups excluding carboxylic acids is 3. The van der Waals surface area contributed by atoms with Crippen molar-refractivity contribution in [2.45, 2.75) is 50.6 Å². The van der Waals surface area contributed by atoms with Crippen molar-refractivity contribution < 1.29 is 19.1 Å². The number of likely N-dealkylation sites (tertiary alicyclic amines) is 1. The lowest BCUT2D eigenvalue weighted by atomic mass is 9.62. The van der Waals surface area contributed by atoms with Crippen LogP contribution in [0.5, 0.6) is 0 Å². The summed E-state index contributed by atoms with van der Waals surface area (Å²) in [4.78, 5) is 42.4. The van der Waals surface area contributed by atoms with Gasteiger partial charge in [-0.1, -0.05) is 62.2 Å². The summed E-state index contributed by atoms with van der Waals surface area (Å²) in [6, 6.07) is 10.6. The number of fused-ring (bicyclic) bond motifs is 2. The number of anilines is 1. The second kappa shape index (κ2) is 9.03. The molecule has 0 bridgehead atoms. The summed E-state index contributed by atoms with van der Waals surface area (Å²) in [5, 5.41) is 6.62. The number of hydrogen-bond acceptors (Lipinski definition) is 4. The van der Waals surface area contributed by atoms with Gasteiger partial charge >= 0.3 is 6.09 Å². The van der Waals surface area contributed by atoms with Crippen LogP contribution in [0.1, 0.15) is 44.2 Å². The first-order valence-corrected chi connectivity index (χ1v) is 12.2. The zero-order valence-electron chi connectivity index (χ0n) is 20.3. The van der Waals surface area contributed by atoms with Crippen molar-refractivity contribution in [1.82, 2.24) is 10.2 Å². The monoisotopic (exact) mass is 517 g/mol. The number of rotatable bonds is 3. The van der Waals surface area contributed by atoms with Crippen LogP contribution in [-0.4, -0.2) is 49.0 Å². The Morgan fingerprint density at radius 3 is 2.43 bits per heavy atom. The van der Waals surface area contributed by atoms with E-state index in [2.05, 4.69) is 10.6 Å². The third-order valence-corrected chi connectivity index (χ3v) is 7.40. The Kier molecular flexibility index (Phi) is 6.53. The molecule has 0 saturated carbocycles. The van der Waals surface area contributed by atoms with Crippen molar-refractivity contribution in [2.75, 3.05) is 19.5 Å². The van der Waals surface area contributed by atoms with E-state index >= 15 is 0 Å². The lowest BCUT2D eigenvalue weighted by Gasteiger charge is -2.39. The van der Waals surface area contributed by atoms with Crippen molar-refractivity contribution in [1.29, 1.82) is 0 Å². The minimum atomic E-state index is -1.29. The molecule has 2 N–H and O–H groups in total. The lowest BCUT2D eigenvalue weighted by molar-refractivity contribution is -0.125. The normalized spacial score (nSPS) is 25.4. The summed E-state index contributed by atoms with van der Waals surface area (Å²) < 4.78 is 5.18. The smallest absolute Gasteiger partial charge is 0.410 e. The zero-order chi connectivity index (χ0) is 25.7. The maximum absolute atomic E-state index is 14.1. The molecule has 2 aromatic rings. The van der Waals surface area contributed by atoms with Crippen LogP contribution in [0, 0.1) is 5.41 Å². The van der Waals surface area contributed by atoms with Gasteiger partial charge in [0.15, 0.2) is 0 Å². The van der Waals surface area contributed by atoms with Crippen LogP contribution in [0.3, 0.4) is 0 Å². The van der Waals surface area contributed by atoms with Gasteiger partial charge in [0, 0.05) is 28.7 Å². The summed E-state index contributed by atoms with van der Waals surface area (Å²) in [6.45, 7) is 6.11. The molecular weight excluding hydrogens is 489 g/mol. The number of likely N-dealkylation sites (N-methyl/N-ethyl adjacent to an activating group) is 1. The summed E-state index contributed by atoms with van der Waals surface area (Å²) in [7, 11) is 2.79. The molecule has 0 unspecified atom stereocenters. The average Bonchev–Trinajstić information content (AvgIpc) is 3.23. The van der Waals surface area contributed by atoms with Gasteiger partial charge in [-0.25, -0.2) is 4.79 Å². The molecule has 2 aliphatic heterocycles. The average molecular weight is 518 g/mol. The van der Waals surface area contributed by atoms with E-state index in [0.717, 1.165) is 0 Å². The third kappa shape index (κ3) is 4.04. The van der Waals surface area contributed by atoms with E-state index < -0.39 is 35.4 Å². The van der Waals surface area contributed by atoms with Gasteiger partial charge in [0.05, 0.1) is 13.2 Å². The predicted molar refractivity (Wildman–Crippen MR) is 136 cm³/mol. The van der Waals surface area contributed by atoms with Gasteiger partial charge in [-0.3, -0.25) is 14.5 Å². The number of nitrogens with zero attached hydrogens (tertiary/aromatic N) is 1. The summed E-state index contributed by atoms with van der Waals surface area (Å²) >= 11 is 12.7. The van der Waals surface area contributed by atoms with Gasteiger partial charge in [0.2, 0.25) is 11.8 Å². The number of hydrogen-bond donors (Lipinski definition) is 2. The van der Waals surface area contributed by atoms with E-state index in [4.69, 9.17) is 27.9 Å². The van der Waals surface area contributed by atoms with Gasteiger partial charge < -0.3 is 15.4 Å². The molecule has 7 nitrogen and oxygen atoms in total. The number of carbonyl (C=O) groups is 3. The molecule has 2 aliphatic rings. The van der Waals surface area contributed by atoms with Crippen LogP contribution in [0.15, 0.2) is 42.5 Å². The van der Waals surface area contributed by atoms with Crippen LogP contribution in [0.4, 0.5) is 10.5 Å². The number of benzene rings is 2. The number of methoxy groups -OCH3 is 1. The molecule has 2 heterocycles. The van der Waals surface area contributed by atoms with Gasteiger partial charge in [0.25, 0.3) is 0 Å². The molecule has 35 heavy (non-hydrogen) atoms. The molecule has 1 fully saturated rings. The highest BCUT2D eigenvalue weighted by Crippen LogP contribution is 2.60. The Hall–Kier alpha value is -2.77. The fraction of sp³-hybridized carbons (Fsp3) is 0.423. The minimum Gasteiger partial charge on any atom is -0.453 e. The van der Waals surface area contributed by atoms with E-state index in [1.54, 1.807) is 30.3 Å². The number of halogens is 2. The van der Waals surface area contributed by atoms with Crippen LogP contribution >= 0.6 is 23.2 Å². The highest BCUT2D eigenvalue weighted by atomic mass is 35.5. The first-order valence-electron chi connectivity index (χ1n) is 11.4. The van der Waals surface area contributed by atoms with E-state index in [9.17, 15) is 14.4 Å². The van der Waals surface area contributed by atoms with Crippen molar-refractivity contribution in [3.63, 3.8) is 0 Å². The standard InChI is InChI=1S/C26H29Cl2N3O4/c1-25(2,3)13-19-26(17-10-9-16(28)12-18(17)30-23(26)33)20(14-7-6-8-15(27)11-14)21(22(32)29-4)31(19)24(34)35-5/h6-12,19-21H,13H2,1-5H3,(H,29,32)(H,30,33)/t19-,20-,21-,26+/m1/s1. The quantitative estimate of drug-likeness (QED) is 0.601. The molecule has 0 aliphatic carbocycles. The maximum Gasteiger partial charge on any atom is 0.410 e. The molecule has 1 saturated heterocycles. The molecule has 4 atom stereocenters. The Morgan fingerprint density at radius 1 is 1.14 bits per heavy atom. The molecule has 2 aromatic carbocycles. The second-order valence-corrected chi connectivity index (χ2v) is 11.1. The van der Waals surface area contributed by atoms with Crippen molar-refractivity contribution in [2.24, 2.45) is 5.41 Å². The van der Waals surface area contributed by atoms with Gasteiger partial charge in [0.1, 0.15) is 11.5 Å². The fourth-order valence-electron chi connectivity index (χ4n) is 5.75. The van der Waals surface area contributed by atoms with Gasteiger partial charge in [-0.05, 0) is 47.2 Å². The lowest BCUT2D eigenvalue weighted by Crippen LogP contribution is -2.52. The third-order valence-electron chi connectivity index (χ3n) is 6.93. The molecule has 3 amide bonds. The van der Waals surface area contributed by atoms with Crippen molar-refractivity contribution >= 4 is 46.8 Å². The summed E-state index contributed by atoms with van der Waals surface area (Å²) in [5.41, 5.74) is 0.343. The van der Waals surface area contributed by atoms with Crippen molar-refractivity contribution in [3.05, 3.63) is 63.6 Å². The van der Waals surface area contributed by atoms with Crippen LogP contribution in [0.2, 0.25) is 10.0 Å². The van der Waals surface area contributed by atoms with Gasteiger partial charge in [-0.15, -0.1) is 0 Å². The molecule has 4 rings (SSSR count). The fourth-order valence-corrected chi connectivity index (χ4v) is 6.13. The molecule has 1 spiro atoms. The van der Waals surface area contributed by atoms with E-state index in [-0.39, 0.29) is 11.3 Å². The summed E-state index contributed by atoms with van der Waals surface area (Å²) in [6.07, 6.45) is -0.241. The Bertz CT molecular complexity index is 1200. The Balaban J connectivity index is 2.12. The first kappa shape index (κ1) is 25.3.